The van der Waals surface area contributed by atoms with Gasteiger partial charge >= 0.3 is 0 Å². The Bertz CT molecular complexity index is 518. The number of hydrogen-bond donors (Lipinski definition) is 1. The van der Waals surface area contributed by atoms with Crippen molar-refractivity contribution in [1.29, 1.82) is 0 Å². The Balaban J connectivity index is 1.64. The van der Waals surface area contributed by atoms with E-state index in [1.165, 1.54) is 11.9 Å². The summed E-state index contributed by atoms with van der Waals surface area (Å²) in [4.78, 5) is 6.43. The van der Waals surface area contributed by atoms with E-state index in [0.29, 0.717) is 0 Å². The fourth-order valence-electron chi connectivity index (χ4n) is 2.88. The SMILES string of the molecule is OCC1(n2cncn2)CCN(Cc2ccccc2)CC1. The first-order chi connectivity index (χ1) is 9.82. The van der Waals surface area contributed by atoms with E-state index in [0.717, 1.165) is 32.5 Å². The maximum absolute atomic E-state index is 9.78. The van der Waals surface area contributed by atoms with Crippen molar-refractivity contribution in [3.05, 3.63) is 48.5 Å². The zero-order chi connectivity index (χ0) is 13.8. The van der Waals surface area contributed by atoms with Gasteiger partial charge in [-0.05, 0) is 18.4 Å². The topological polar surface area (TPSA) is 54.2 Å². The van der Waals surface area contributed by atoms with E-state index >= 15 is 0 Å². The zero-order valence-corrected chi connectivity index (χ0v) is 11.5. The molecule has 0 unspecified atom stereocenters. The molecule has 0 spiro atoms. The van der Waals surface area contributed by atoms with Gasteiger partial charge in [0.2, 0.25) is 0 Å². The quantitative estimate of drug-likeness (QED) is 0.910. The number of benzene rings is 1. The van der Waals surface area contributed by atoms with Crippen LogP contribution in [0.3, 0.4) is 0 Å². The molecule has 0 bridgehead atoms. The Hall–Kier alpha value is -1.72. The number of aliphatic hydroxyl groups is 1. The third-order valence-electron chi connectivity index (χ3n) is 4.23. The van der Waals surface area contributed by atoms with Crippen molar-refractivity contribution < 1.29 is 5.11 Å². The molecule has 1 fully saturated rings. The molecule has 2 heterocycles. The number of likely N-dealkylation sites (tertiary alicyclic amines) is 1. The van der Waals surface area contributed by atoms with Gasteiger partial charge in [-0.1, -0.05) is 30.3 Å². The molecule has 2 aromatic rings. The molecule has 0 aliphatic carbocycles. The van der Waals surface area contributed by atoms with Gasteiger partial charge in [-0.2, -0.15) is 5.10 Å². The van der Waals surface area contributed by atoms with Gasteiger partial charge in [-0.3, -0.25) is 4.90 Å². The van der Waals surface area contributed by atoms with Crippen molar-refractivity contribution in [2.24, 2.45) is 0 Å². The molecule has 1 saturated heterocycles. The van der Waals surface area contributed by atoms with Crippen LogP contribution < -0.4 is 0 Å². The highest BCUT2D eigenvalue weighted by Gasteiger charge is 2.36. The average molecular weight is 272 g/mol. The molecular formula is C15H20N4O. The van der Waals surface area contributed by atoms with Gasteiger partial charge in [-0.15, -0.1) is 0 Å². The van der Waals surface area contributed by atoms with E-state index in [1.54, 1.807) is 6.33 Å². The van der Waals surface area contributed by atoms with Crippen molar-refractivity contribution in [3.8, 4) is 0 Å². The second kappa shape index (κ2) is 5.73. The van der Waals surface area contributed by atoms with Crippen LogP contribution in [0.4, 0.5) is 0 Å². The fraction of sp³-hybridized carbons (Fsp3) is 0.467. The second-order valence-electron chi connectivity index (χ2n) is 5.48. The van der Waals surface area contributed by atoms with Gasteiger partial charge < -0.3 is 5.11 Å². The summed E-state index contributed by atoms with van der Waals surface area (Å²) in [6, 6.07) is 10.5. The number of aromatic nitrogens is 3. The monoisotopic (exact) mass is 272 g/mol. The fourth-order valence-corrected chi connectivity index (χ4v) is 2.88. The molecule has 1 N–H and O–H groups in total. The highest BCUT2D eigenvalue weighted by Crippen LogP contribution is 2.29. The Morgan fingerprint density at radius 3 is 2.50 bits per heavy atom. The molecule has 1 aromatic heterocycles. The van der Waals surface area contributed by atoms with Crippen LogP contribution in [0.2, 0.25) is 0 Å². The number of aliphatic hydroxyl groups excluding tert-OH is 1. The predicted molar refractivity (Wildman–Crippen MR) is 76.0 cm³/mol. The summed E-state index contributed by atoms with van der Waals surface area (Å²) >= 11 is 0. The molecule has 1 aromatic carbocycles. The van der Waals surface area contributed by atoms with Crippen LogP contribution in [0.1, 0.15) is 18.4 Å². The molecule has 106 valence electrons. The van der Waals surface area contributed by atoms with Gasteiger partial charge in [0.25, 0.3) is 0 Å². The molecule has 5 heteroatoms. The molecular weight excluding hydrogens is 252 g/mol. The van der Waals surface area contributed by atoms with Crippen LogP contribution in [0.15, 0.2) is 43.0 Å². The Kier molecular flexibility index (Phi) is 3.80. The van der Waals surface area contributed by atoms with E-state index in [2.05, 4.69) is 39.2 Å². The minimum Gasteiger partial charge on any atom is -0.394 e. The second-order valence-corrected chi connectivity index (χ2v) is 5.48. The Morgan fingerprint density at radius 2 is 1.90 bits per heavy atom. The van der Waals surface area contributed by atoms with Crippen molar-refractivity contribution >= 4 is 0 Å². The van der Waals surface area contributed by atoms with E-state index in [1.807, 2.05) is 10.7 Å². The number of rotatable bonds is 4. The van der Waals surface area contributed by atoms with Gasteiger partial charge in [0, 0.05) is 19.6 Å². The van der Waals surface area contributed by atoms with E-state index < -0.39 is 0 Å². The Labute approximate surface area is 118 Å². The van der Waals surface area contributed by atoms with Crippen LogP contribution in [0.25, 0.3) is 0 Å². The predicted octanol–water partition coefficient (Wildman–Crippen LogP) is 1.26. The van der Waals surface area contributed by atoms with Crippen molar-refractivity contribution in [1.82, 2.24) is 19.7 Å². The van der Waals surface area contributed by atoms with Crippen LogP contribution >= 0.6 is 0 Å². The van der Waals surface area contributed by atoms with Crippen LogP contribution in [-0.4, -0.2) is 44.5 Å². The maximum Gasteiger partial charge on any atom is 0.137 e. The summed E-state index contributed by atoms with van der Waals surface area (Å²) < 4.78 is 1.83. The molecule has 0 atom stereocenters. The molecule has 5 nitrogen and oxygen atoms in total. The maximum atomic E-state index is 9.78. The summed E-state index contributed by atoms with van der Waals surface area (Å²) in [7, 11) is 0. The highest BCUT2D eigenvalue weighted by molar-refractivity contribution is 5.14. The lowest BCUT2D eigenvalue weighted by molar-refractivity contribution is 0.0403. The van der Waals surface area contributed by atoms with Gasteiger partial charge in [0.05, 0.1) is 12.1 Å². The van der Waals surface area contributed by atoms with E-state index in [-0.39, 0.29) is 12.1 Å². The van der Waals surface area contributed by atoms with Crippen molar-refractivity contribution in [2.75, 3.05) is 19.7 Å². The first kappa shape index (κ1) is 13.3. The zero-order valence-electron chi connectivity index (χ0n) is 11.5. The lowest BCUT2D eigenvalue weighted by atomic mass is 9.88. The summed E-state index contributed by atoms with van der Waals surface area (Å²) in [5.74, 6) is 0. The van der Waals surface area contributed by atoms with Crippen LogP contribution in [-0.2, 0) is 12.1 Å². The smallest absolute Gasteiger partial charge is 0.137 e. The molecule has 0 radical (unpaired) electrons. The largest absolute Gasteiger partial charge is 0.394 e. The Morgan fingerprint density at radius 1 is 1.15 bits per heavy atom. The summed E-state index contributed by atoms with van der Waals surface area (Å²) in [5.41, 5.74) is 1.06. The number of piperidine rings is 1. The minimum atomic E-state index is -0.274. The summed E-state index contributed by atoms with van der Waals surface area (Å²) in [5, 5.41) is 14.0. The average Bonchev–Trinajstić information content (AvgIpc) is 3.04. The summed E-state index contributed by atoms with van der Waals surface area (Å²) in [6.07, 6.45) is 5.05. The van der Waals surface area contributed by atoms with Gasteiger partial charge in [0.15, 0.2) is 0 Å². The molecule has 0 saturated carbocycles. The van der Waals surface area contributed by atoms with E-state index in [9.17, 15) is 5.11 Å². The van der Waals surface area contributed by atoms with Gasteiger partial charge in [0.1, 0.15) is 12.7 Å². The molecule has 20 heavy (non-hydrogen) atoms. The number of nitrogens with zero attached hydrogens (tertiary/aromatic N) is 4. The first-order valence-electron chi connectivity index (χ1n) is 7.05. The lowest BCUT2D eigenvalue weighted by Crippen LogP contribution is -2.48. The molecule has 0 amide bonds. The number of hydrogen-bond acceptors (Lipinski definition) is 4. The standard InChI is InChI=1S/C15H20N4O/c20-11-15(19-13-16-12-17-19)6-8-18(9-7-15)10-14-4-2-1-3-5-14/h1-5,12-13,20H,6-11H2. The summed E-state index contributed by atoms with van der Waals surface area (Å²) in [6.45, 7) is 3.03. The van der Waals surface area contributed by atoms with Crippen molar-refractivity contribution in [3.63, 3.8) is 0 Å². The lowest BCUT2D eigenvalue weighted by Gasteiger charge is -2.40. The van der Waals surface area contributed by atoms with Crippen LogP contribution in [0, 0.1) is 0 Å². The van der Waals surface area contributed by atoms with Gasteiger partial charge in [-0.25, -0.2) is 9.67 Å². The third kappa shape index (κ3) is 2.59. The van der Waals surface area contributed by atoms with E-state index in [4.69, 9.17) is 0 Å². The molecule has 3 rings (SSSR count). The van der Waals surface area contributed by atoms with Crippen molar-refractivity contribution in [2.45, 2.75) is 24.9 Å². The molecule has 1 aliphatic rings. The highest BCUT2D eigenvalue weighted by atomic mass is 16.3. The normalized spacial score (nSPS) is 19.1. The molecule has 1 aliphatic heterocycles. The minimum absolute atomic E-state index is 0.121. The third-order valence-corrected chi connectivity index (χ3v) is 4.23. The van der Waals surface area contributed by atoms with Crippen LogP contribution in [0.5, 0.6) is 0 Å². The first-order valence-corrected chi connectivity index (χ1v) is 7.05.